The van der Waals surface area contributed by atoms with Crippen LogP contribution in [0.5, 0.6) is 0 Å². The zero-order chi connectivity index (χ0) is 14.8. The SMILES string of the molecule is CCCCS(=O)(=O)Cc1c(C(=O)O)oc2ccccc12. The highest BCUT2D eigenvalue weighted by Gasteiger charge is 2.24. The predicted molar refractivity (Wildman–Crippen MR) is 75.6 cm³/mol. The summed E-state index contributed by atoms with van der Waals surface area (Å²) in [6.07, 6.45) is 1.34. The molecule has 0 saturated carbocycles. The molecule has 0 fully saturated rings. The van der Waals surface area contributed by atoms with Crippen LogP contribution < -0.4 is 0 Å². The number of benzene rings is 1. The van der Waals surface area contributed by atoms with Crippen LogP contribution in [0.15, 0.2) is 28.7 Å². The molecule has 0 radical (unpaired) electrons. The van der Waals surface area contributed by atoms with Gasteiger partial charge in [0.25, 0.3) is 0 Å². The van der Waals surface area contributed by atoms with Crippen molar-refractivity contribution in [2.24, 2.45) is 0 Å². The van der Waals surface area contributed by atoms with E-state index in [0.717, 1.165) is 6.42 Å². The summed E-state index contributed by atoms with van der Waals surface area (Å²) in [6.45, 7) is 1.91. The second-order valence-corrected chi connectivity index (χ2v) is 6.84. The Morgan fingerprint density at radius 3 is 2.65 bits per heavy atom. The Labute approximate surface area is 117 Å². The molecule has 20 heavy (non-hydrogen) atoms. The molecule has 108 valence electrons. The van der Waals surface area contributed by atoms with Crippen LogP contribution in [-0.4, -0.2) is 25.2 Å². The van der Waals surface area contributed by atoms with Gasteiger partial charge in [-0.15, -0.1) is 0 Å². The summed E-state index contributed by atoms with van der Waals surface area (Å²) >= 11 is 0. The molecule has 0 unspecified atom stereocenters. The fourth-order valence-electron chi connectivity index (χ4n) is 2.07. The number of furan rings is 1. The third-order valence-corrected chi connectivity index (χ3v) is 4.70. The first-order valence-electron chi connectivity index (χ1n) is 6.38. The van der Waals surface area contributed by atoms with E-state index in [4.69, 9.17) is 9.52 Å². The number of hydrogen-bond acceptors (Lipinski definition) is 4. The van der Waals surface area contributed by atoms with Gasteiger partial charge in [-0.25, -0.2) is 13.2 Å². The minimum atomic E-state index is -3.34. The average molecular weight is 296 g/mol. The minimum absolute atomic E-state index is 0.0576. The number of para-hydroxylation sites is 1. The molecule has 1 aromatic heterocycles. The van der Waals surface area contributed by atoms with E-state index in [2.05, 4.69) is 0 Å². The van der Waals surface area contributed by atoms with Gasteiger partial charge < -0.3 is 9.52 Å². The first-order valence-corrected chi connectivity index (χ1v) is 8.21. The molecule has 0 atom stereocenters. The fraction of sp³-hybridized carbons (Fsp3) is 0.357. The number of carbonyl (C=O) groups is 1. The molecular formula is C14H16O5S. The normalized spacial score (nSPS) is 11.8. The summed E-state index contributed by atoms with van der Waals surface area (Å²) in [5.41, 5.74) is 0.634. The predicted octanol–water partition coefficient (Wildman–Crippen LogP) is 2.85. The number of fused-ring (bicyclic) bond motifs is 1. The van der Waals surface area contributed by atoms with Crippen molar-refractivity contribution in [2.45, 2.75) is 25.5 Å². The van der Waals surface area contributed by atoms with Gasteiger partial charge in [0.05, 0.1) is 11.5 Å². The highest BCUT2D eigenvalue weighted by atomic mass is 32.2. The molecule has 1 aromatic carbocycles. The maximum Gasteiger partial charge on any atom is 0.372 e. The molecule has 0 aliphatic rings. The Balaban J connectivity index is 2.47. The summed E-state index contributed by atoms with van der Waals surface area (Å²) in [5, 5.41) is 9.70. The van der Waals surface area contributed by atoms with E-state index in [-0.39, 0.29) is 22.8 Å². The van der Waals surface area contributed by atoms with Crippen molar-refractivity contribution in [3.8, 4) is 0 Å². The number of aromatic carboxylic acids is 1. The summed E-state index contributed by atoms with van der Waals surface area (Å²) in [5.74, 6) is -1.78. The van der Waals surface area contributed by atoms with Gasteiger partial charge >= 0.3 is 5.97 Å². The van der Waals surface area contributed by atoms with Gasteiger partial charge in [0.1, 0.15) is 5.58 Å². The molecule has 1 N–H and O–H groups in total. The zero-order valence-electron chi connectivity index (χ0n) is 11.1. The topological polar surface area (TPSA) is 84.6 Å². The van der Waals surface area contributed by atoms with Crippen molar-refractivity contribution in [3.05, 3.63) is 35.6 Å². The molecular weight excluding hydrogens is 280 g/mol. The summed E-state index contributed by atoms with van der Waals surface area (Å²) < 4.78 is 29.3. The molecule has 0 saturated heterocycles. The molecule has 2 aromatic rings. The van der Waals surface area contributed by atoms with Crippen LogP contribution >= 0.6 is 0 Å². The van der Waals surface area contributed by atoms with Crippen molar-refractivity contribution in [3.63, 3.8) is 0 Å². The van der Waals surface area contributed by atoms with Gasteiger partial charge in [-0.05, 0) is 12.5 Å². The highest BCUT2D eigenvalue weighted by Crippen LogP contribution is 2.28. The van der Waals surface area contributed by atoms with Gasteiger partial charge in [0, 0.05) is 10.9 Å². The quantitative estimate of drug-likeness (QED) is 0.886. The van der Waals surface area contributed by atoms with E-state index < -0.39 is 15.8 Å². The van der Waals surface area contributed by atoms with Crippen LogP contribution in [0, 0.1) is 0 Å². The van der Waals surface area contributed by atoms with E-state index in [0.29, 0.717) is 17.4 Å². The van der Waals surface area contributed by atoms with Gasteiger partial charge in [-0.2, -0.15) is 0 Å². The number of sulfone groups is 1. The fourth-order valence-corrected chi connectivity index (χ4v) is 3.67. The number of carboxylic acid groups (broad SMARTS) is 1. The molecule has 0 spiro atoms. The molecule has 0 amide bonds. The van der Waals surface area contributed by atoms with Crippen molar-refractivity contribution in [1.82, 2.24) is 0 Å². The summed E-state index contributed by atoms with van der Waals surface area (Å²) in [7, 11) is -3.34. The maximum atomic E-state index is 12.0. The van der Waals surface area contributed by atoms with Crippen LogP contribution in [-0.2, 0) is 15.6 Å². The van der Waals surface area contributed by atoms with E-state index in [1.165, 1.54) is 0 Å². The van der Waals surface area contributed by atoms with Crippen molar-refractivity contribution >= 4 is 26.8 Å². The van der Waals surface area contributed by atoms with Gasteiger partial charge in [0.2, 0.25) is 5.76 Å². The number of hydrogen-bond donors (Lipinski definition) is 1. The van der Waals surface area contributed by atoms with Crippen LogP contribution in [0.3, 0.4) is 0 Å². The summed E-state index contributed by atoms with van der Waals surface area (Å²) in [6, 6.07) is 6.75. The average Bonchev–Trinajstić information content (AvgIpc) is 2.75. The Bertz CT molecular complexity index is 727. The number of unbranched alkanes of at least 4 members (excludes halogenated alkanes) is 1. The largest absolute Gasteiger partial charge is 0.475 e. The molecule has 0 aliphatic heterocycles. The third kappa shape index (κ3) is 3.01. The molecule has 1 heterocycles. The van der Waals surface area contributed by atoms with Crippen molar-refractivity contribution < 1.29 is 22.7 Å². The first-order chi connectivity index (χ1) is 9.44. The minimum Gasteiger partial charge on any atom is -0.475 e. The van der Waals surface area contributed by atoms with E-state index in [9.17, 15) is 13.2 Å². The van der Waals surface area contributed by atoms with E-state index in [1.54, 1.807) is 24.3 Å². The first kappa shape index (κ1) is 14.6. The molecule has 6 heteroatoms. The second kappa shape index (κ2) is 5.66. The van der Waals surface area contributed by atoms with Crippen LogP contribution in [0.1, 0.15) is 35.9 Å². The third-order valence-electron chi connectivity index (χ3n) is 3.07. The Kier molecular flexibility index (Phi) is 4.13. The summed E-state index contributed by atoms with van der Waals surface area (Å²) in [4.78, 5) is 11.2. The lowest BCUT2D eigenvalue weighted by molar-refractivity contribution is 0.0664. The maximum absolute atomic E-state index is 12.0. The molecule has 5 nitrogen and oxygen atoms in total. The molecule has 0 bridgehead atoms. The van der Waals surface area contributed by atoms with E-state index >= 15 is 0 Å². The number of rotatable bonds is 6. The van der Waals surface area contributed by atoms with Gasteiger partial charge in [0.15, 0.2) is 9.84 Å². The number of carboxylic acids is 1. The lowest BCUT2D eigenvalue weighted by Gasteiger charge is -2.03. The van der Waals surface area contributed by atoms with Gasteiger partial charge in [-0.3, -0.25) is 0 Å². The Hall–Kier alpha value is -1.82. The lowest BCUT2D eigenvalue weighted by atomic mass is 10.1. The van der Waals surface area contributed by atoms with Crippen LogP contribution in [0.25, 0.3) is 11.0 Å². The van der Waals surface area contributed by atoms with Crippen molar-refractivity contribution in [2.75, 3.05) is 5.75 Å². The van der Waals surface area contributed by atoms with Gasteiger partial charge in [-0.1, -0.05) is 31.5 Å². The Morgan fingerprint density at radius 1 is 1.30 bits per heavy atom. The standard InChI is InChI=1S/C14H16O5S/c1-2-3-8-20(17,18)9-11-10-6-4-5-7-12(10)19-13(11)14(15)16/h4-7H,2-3,8-9H2,1H3,(H,15,16). The lowest BCUT2D eigenvalue weighted by Crippen LogP contribution is -2.11. The highest BCUT2D eigenvalue weighted by molar-refractivity contribution is 7.90. The smallest absolute Gasteiger partial charge is 0.372 e. The Morgan fingerprint density at radius 2 is 2.00 bits per heavy atom. The monoisotopic (exact) mass is 296 g/mol. The van der Waals surface area contributed by atoms with Crippen LogP contribution in [0.2, 0.25) is 0 Å². The van der Waals surface area contributed by atoms with Crippen LogP contribution in [0.4, 0.5) is 0 Å². The molecule has 2 rings (SSSR count). The van der Waals surface area contributed by atoms with Crippen molar-refractivity contribution in [1.29, 1.82) is 0 Å². The van der Waals surface area contributed by atoms with E-state index in [1.807, 2.05) is 6.92 Å². The zero-order valence-corrected chi connectivity index (χ0v) is 11.9. The second-order valence-electron chi connectivity index (χ2n) is 4.66. The molecule has 0 aliphatic carbocycles.